The minimum absolute atomic E-state index is 0.0839. The van der Waals surface area contributed by atoms with Crippen molar-refractivity contribution in [2.24, 2.45) is 0 Å². The van der Waals surface area contributed by atoms with E-state index >= 15 is 0 Å². The fourth-order valence-electron chi connectivity index (χ4n) is 4.63. The van der Waals surface area contributed by atoms with Crippen LogP contribution in [0.2, 0.25) is 0 Å². The second-order valence-corrected chi connectivity index (χ2v) is 8.34. The third-order valence-corrected chi connectivity index (χ3v) is 6.61. The minimum Gasteiger partial charge on any atom is -0.481 e. The molecule has 0 spiro atoms. The first kappa shape index (κ1) is 19.7. The summed E-state index contributed by atoms with van der Waals surface area (Å²) in [5, 5.41) is 10.1. The van der Waals surface area contributed by atoms with Gasteiger partial charge in [-0.1, -0.05) is 42.5 Å². The topological polar surface area (TPSA) is 65.8 Å². The van der Waals surface area contributed by atoms with Gasteiger partial charge in [-0.25, -0.2) is 9.18 Å². The quantitative estimate of drug-likeness (QED) is 0.617. The summed E-state index contributed by atoms with van der Waals surface area (Å²) in [6.07, 6.45) is 0.458. The van der Waals surface area contributed by atoms with E-state index in [4.69, 9.17) is 17.3 Å². The van der Waals surface area contributed by atoms with Crippen LogP contribution in [0.4, 0.5) is 9.18 Å². The van der Waals surface area contributed by atoms with Gasteiger partial charge in [0.15, 0.2) is 0 Å². The van der Waals surface area contributed by atoms with Crippen LogP contribution in [0.5, 0.6) is 0 Å². The molecule has 0 saturated carbocycles. The lowest BCUT2D eigenvalue weighted by Gasteiger charge is -2.29. The molecule has 2 aliphatic rings. The molecule has 5 rings (SSSR count). The number of carbonyl (C=O) groups is 2. The highest BCUT2D eigenvalue weighted by atomic mass is 32.1. The number of hydrogen-bond acceptors (Lipinski definition) is 3. The van der Waals surface area contributed by atoms with Gasteiger partial charge in [-0.05, 0) is 29.3 Å². The molecular formula is C23H20FN3O3S. The molecule has 0 unspecified atom stereocenters. The van der Waals surface area contributed by atoms with Crippen LogP contribution < -0.4 is 0 Å². The van der Waals surface area contributed by atoms with Gasteiger partial charge in [0.25, 0.3) is 0 Å². The van der Waals surface area contributed by atoms with Gasteiger partial charge in [-0.2, -0.15) is 0 Å². The molecule has 0 radical (unpaired) electrons. The molecule has 6 nitrogen and oxygen atoms in total. The molecule has 1 fully saturated rings. The number of para-hydroxylation sites is 1. The van der Waals surface area contributed by atoms with Crippen molar-refractivity contribution in [1.82, 2.24) is 14.4 Å². The number of halogens is 1. The van der Waals surface area contributed by atoms with E-state index in [-0.39, 0.29) is 30.9 Å². The molecule has 1 aromatic heterocycles. The molecule has 8 heteroatoms. The first-order valence-corrected chi connectivity index (χ1v) is 10.5. The molecule has 2 aliphatic heterocycles. The zero-order valence-electron chi connectivity index (χ0n) is 16.6. The van der Waals surface area contributed by atoms with Crippen LogP contribution in [0.1, 0.15) is 23.2 Å². The molecule has 0 bridgehead atoms. The van der Waals surface area contributed by atoms with E-state index in [1.807, 2.05) is 12.1 Å². The van der Waals surface area contributed by atoms with Gasteiger partial charge in [-0.3, -0.25) is 9.69 Å². The number of nitrogens with zero attached hydrogens (tertiary/aromatic N) is 3. The van der Waals surface area contributed by atoms with E-state index in [1.54, 1.807) is 17.0 Å². The minimum atomic E-state index is -0.958. The second kappa shape index (κ2) is 7.46. The number of fused-ring (bicyclic) bond motifs is 4. The van der Waals surface area contributed by atoms with Gasteiger partial charge in [0, 0.05) is 36.1 Å². The normalized spacial score (nSPS) is 17.9. The Morgan fingerprint density at radius 2 is 1.90 bits per heavy atom. The molecule has 158 valence electrons. The fraction of sp³-hybridized carbons (Fsp3) is 0.261. The number of rotatable bonds is 5. The highest BCUT2D eigenvalue weighted by molar-refractivity contribution is 7.80. The van der Waals surface area contributed by atoms with E-state index < -0.39 is 5.97 Å². The second-order valence-electron chi connectivity index (χ2n) is 7.92. The third kappa shape index (κ3) is 3.27. The average Bonchev–Trinajstić information content (AvgIpc) is 3.19. The predicted molar refractivity (Wildman–Crippen MR) is 117 cm³/mol. The molecule has 3 heterocycles. The van der Waals surface area contributed by atoms with Crippen LogP contribution in [0.3, 0.4) is 0 Å². The van der Waals surface area contributed by atoms with Crippen LogP contribution in [-0.4, -0.2) is 49.0 Å². The lowest BCUT2D eigenvalue weighted by molar-refractivity contribution is -0.137. The van der Waals surface area contributed by atoms with E-state index in [2.05, 4.69) is 16.7 Å². The maximum absolute atomic E-state index is 13.4. The number of carboxylic acids is 1. The van der Waals surface area contributed by atoms with Crippen molar-refractivity contribution in [3.05, 3.63) is 71.2 Å². The Kier molecular flexibility index (Phi) is 4.74. The molecule has 31 heavy (non-hydrogen) atoms. The highest BCUT2D eigenvalue weighted by Crippen LogP contribution is 2.37. The van der Waals surface area contributed by atoms with Crippen LogP contribution in [0, 0.1) is 5.82 Å². The number of carboxylic acid groups (broad SMARTS) is 1. The molecule has 3 aromatic rings. The summed E-state index contributed by atoms with van der Waals surface area (Å²) in [7, 11) is 0. The molecule has 2 aromatic carbocycles. The first-order chi connectivity index (χ1) is 14.9. The standard InChI is InChI=1S/C23H20FN3O3S/c24-15-7-5-14(6-8-15)12-26-18-4-2-1-3-16(18)17-11-19-22(31)25(10-9-21(28)29)23(30)27(19)13-20(17)26/h1-8,19H,9-13H2,(H,28,29)/t19-/m0/s1. The summed E-state index contributed by atoms with van der Waals surface area (Å²) < 4.78 is 15.5. The molecule has 1 atom stereocenters. The van der Waals surface area contributed by atoms with E-state index in [0.29, 0.717) is 24.5 Å². The Labute approximate surface area is 183 Å². The van der Waals surface area contributed by atoms with E-state index in [9.17, 15) is 14.0 Å². The van der Waals surface area contributed by atoms with Crippen LogP contribution in [-0.2, 0) is 24.3 Å². The lowest BCUT2D eigenvalue weighted by Crippen LogP contribution is -2.40. The molecule has 1 saturated heterocycles. The highest BCUT2D eigenvalue weighted by Gasteiger charge is 2.45. The van der Waals surface area contributed by atoms with Gasteiger partial charge < -0.3 is 14.6 Å². The van der Waals surface area contributed by atoms with Crippen molar-refractivity contribution in [3.8, 4) is 0 Å². The van der Waals surface area contributed by atoms with Crippen LogP contribution in [0.25, 0.3) is 10.9 Å². The SMILES string of the molecule is O=C(O)CCN1C(=O)N2Cc3c(c4ccccc4n3Cc3ccc(F)cc3)C[C@H]2C1=S. The first-order valence-electron chi connectivity index (χ1n) is 10.1. The maximum Gasteiger partial charge on any atom is 0.325 e. The molecule has 0 aliphatic carbocycles. The van der Waals surface area contributed by atoms with Crippen molar-refractivity contribution in [2.45, 2.75) is 32.0 Å². The Hall–Kier alpha value is -3.26. The smallest absolute Gasteiger partial charge is 0.325 e. The molecular weight excluding hydrogens is 417 g/mol. The number of hydrogen-bond donors (Lipinski definition) is 1. The number of thiocarbonyl (C=S) groups is 1. The molecule has 2 amide bonds. The van der Waals surface area contributed by atoms with E-state index in [1.165, 1.54) is 17.0 Å². The zero-order valence-corrected chi connectivity index (χ0v) is 17.4. The lowest BCUT2D eigenvalue weighted by atomic mass is 9.97. The van der Waals surface area contributed by atoms with Crippen molar-refractivity contribution in [3.63, 3.8) is 0 Å². The van der Waals surface area contributed by atoms with Gasteiger partial charge in [0.2, 0.25) is 0 Å². The van der Waals surface area contributed by atoms with Crippen molar-refractivity contribution in [1.29, 1.82) is 0 Å². The summed E-state index contributed by atoms with van der Waals surface area (Å²) in [5.74, 6) is -1.23. The number of aromatic nitrogens is 1. The third-order valence-electron chi connectivity index (χ3n) is 6.12. The monoisotopic (exact) mass is 437 g/mol. The summed E-state index contributed by atoms with van der Waals surface area (Å²) in [6, 6.07) is 14.1. The van der Waals surface area contributed by atoms with Crippen molar-refractivity contribution < 1.29 is 19.1 Å². The number of benzene rings is 2. The maximum atomic E-state index is 13.4. The summed E-state index contributed by atoms with van der Waals surface area (Å²) in [6.45, 7) is 1.05. The summed E-state index contributed by atoms with van der Waals surface area (Å²) in [4.78, 5) is 27.7. The fourth-order valence-corrected chi connectivity index (χ4v) is 5.01. The number of urea groups is 1. The van der Waals surface area contributed by atoms with Gasteiger partial charge in [0.05, 0.1) is 19.0 Å². The zero-order chi connectivity index (χ0) is 21.7. The Balaban J connectivity index is 1.53. The molecule has 1 N–H and O–H groups in total. The predicted octanol–water partition coefficient (Wildman–Crippen LogP) is 3.79. The van der Waals surface area contributed by atoms with Crippen molar-refractivity contribution >= 4 is 40.1 Å². The summed E-state index contributed by atoms with van der Waals surface area (Å²) in [5.41, 5.74) is 4.24. The largest absolute Gasteiger partial charge is 0.481 e. The summed E-state index contributed by atoms with van der Waals surface area (Å²) >= 11 is 5.57. The Bertz CT molecular complexity index is 1220. The number of amides is 2. The van der Waals surface area contributed by atoms with Crippen molar-refractivity contribution in [2.75, 3.05) is 6.54 Å². The van der Waals surface area contributed by atoms with Gasteiger partial charge >= 0.3 is 12.0 Å². The number of carbonyl (C=O) groups excluding carboxylic acids is 1. The van der Waals surface area contributed by atoms with Crippen LogP contribution in [0.15, 0.2) is 48.5 Å². The average molecular weight is 437 g/mol. The number of aliphatic carboxylic acids is 1. The van der Waals surface area contributed by atoms with Gasteiger partial charge in [0.1, 0.15) is 10.8 Å². The van der Waals surface area contributed by atoms with Crippen LogP contribution >= 0.6 is 12.2 Å². The van der Waals surface area contributed by atoms with Gasteiger partial charge in [-0.15, -0.1) is 0 Å². The Morgan fingerprint density at radius 3 is 2.65 bits per heavy atom. The van der Waals surface area contributed by atoms with E-state index in [0.717, 1.165) is 27.7 Å². The Morgan fingerprint density at radius 1 is 1.16 bits per heavy atom.